The average molecular weight is 507 g/mol. The van der Waals surface area contributed by atoms with Crippen LogP contribution in [0.4, 0.5) is 0 Å². The number of aromatic nitrogens is 2. The number of aliphatic hydroxyl groups excluding tert-OH is 3. The molecule has 4 N–H and O–H groups in total. The number of nitrogens with zero attached hydrogens (tertiary/aromatic N) is 2. The molecule has 1 saturated heterocycles. The Morgan fingerprint density at radius 2 is 1.81 bits per heavy atom. The summed E-state index contributed by atoms with van der Waals surface area (Å²) in [6, 6.07) is 8.22. The SMILES string of the molecule is CCc1ccc(Cc2c(OC(O)[C@H]3OC[C@@](O)(C(=O)OC(C)C)[C@@H](O)[C@@H]3O)nn(C(C)C)c2C)cc1. The van der Waals surface area contributed by atoms with Crippen LogP contribution < -0.4 is 4.74 Å². The van der Waals surface area contributed by atoms with E-state index in [1.54, 1.807) is 18.5 Å². The van der Waals surface area contributed by atoms with Crippen LogP contribution in [0.2, 0.25) is 0 Å². The van der Waals surface area contributed by atoms with Crippen molar-refractivity contribution in [3.8, 4) is 5.88 Å². The van der Waals surface area contributed by atoms with Crippen molar-refractivity contribution in [1.29, 1.82) is 0 Å². The number of carbonyl (C=O) groups excluding carboxylic acids is 1. The van der Waals surface area contributed by atoms with Crippen molar-refractivity contribution in [3.05, 3.63) is 46.6 Å². The van der Waals surface area contributed by atoms with E-state index in [0.29, 0.717) is 6.42 Å². The molecule has 2 aromatic rings. The summed E-state index contributed by atoms with van der Waals surface area (Å²) in [5.41, 5.74) is 1.40. The van der Waals surface area contributed by atoms with Crippen LogP contribution in [0, 0.1) is 6.92 Å². The number of aliphatic hydroxyl groups is 4. The molecule has 1 unspecified atom stereocenters. The van der Waals surface area contributed by atoms with E-state index in [2.05, 4.69) is 24.2 Å². The second-order valence-electron chi connectivity index (χ2n) is 9.85. The van der Waals surface area contributed by atoms with Gasteiger partial charge in [-0.2, -0.15) is 0 Å². The molecule has 1 aliphatic heterocycles. The first kappa shape index (κ1) is 28.1. The molecule has 1 fully saturated rings. The summed E-state index contributed by atoms with van der Waals surface area (Å²) in [5.74, 6) is -0.959. The second kappa shape index (κ2) is 11.3. The van der Waals surface area contributed by atoms with Gasteiger partial charge in [0.05, 0.1) is 12.7 Å². The zero-order valence-corrected chi connectivity index (χ0v) is 21.7. The molecule has 5 atom stereocenters. The van der Waals surface area contributed by atoms with Crippen molar-refractivity contribution in [2.45, 2.75) is 96.7 Å². The van der Waals surface area contributed by atoms with Crippen molar-refractivity contribution < 1.29 is 39.4 Å². The Kier molecular flexibility index (Phi) is 8.79. The molecule has 1 aromatic heterocycles. The predicted molar refractivity (Wildman–Crippen MR) is 131 cm³/mol. The number of aryl methyl sites for hydroxylation is 1. The smallest absolute Gasteiger partial charge is 0.343 e. The van der Waals surface area contributed by atoms with Gasteiger partial charge in [-0.25, -0.2) is 4.79 Å². The van der Waals surface area contributed by atoms with E-state index in [1.807, 2.05) is 32.9 Å². The van der Waals surface area contributed by atoms with Gasteiger partial charge in [-0.1, -0.05) is 31.2 Å². The highest BCUT2D eigenvalue weighted by atomic mass is 16.6. The Bertz CT molecular complexity index is 1040. The highest BCUT2D eigenvalue weighted by molar-refractivity contribution is 5.80. The molecule has 1 aliphatic rings. The van der Waals surface area contributed by atoms with Crippen molar-refractivity contribution in [2.24, 2.45) is 0 Å². The Labute approximate surface area is 211 Å². The second-order valence-corrected chi connectivity index (χ2v) is 9.85. The van der Waals surface area contributed by atoms with Gasteiger partial charge < -0.3 is 34.6 Å². The van der Waals surface area contributed by atoms with Gasteiger partial charge in [-0.15, -0.1) is 5.10 Å². The molecule has 1 aromatic carbocycles. The van der Waals surface area contributed by atoms with E-state index in [0.717, 1.165) is 23.2 Å². The van der Waals surface area contributed by atoms with E-state index in [9.17, 15) is 25.2 Å². The largest absolute Gasteiger partial charge is 0.461 e. The number of ether oxygens (including phenoxy) is 3. The van der Waals surface area contributed by atoms with Gasteiger partial charge in [0.25, 0.3) is 0 Å². The quantitative estimate of drug-likeness (QED) is 0.293. The number of rotatable bonds is 9. The lowest BCUT2D eigenvalue weighted by atomic mass is 9.87. The summed E-state index contributed by atoms with van der Waals surface area (Å²) >= 11 is 0. The minimum atomic E-state index is -2.48. The summed E-state index contributed by atoms with van der Waals surface area (Å²) in [5, 5.41) is 47.0. The third-order valence-electron chi connectivity index (χ3n) is 6.39. The standard InChI is InChI=1S/C26H38N2O8/c1-7-17-8-10-18(11-9-17)12-19-16(6)28(14(2)3)27-23(19)36-24(31)21-20(29)22(30)26(33,13-34-21)25(32)35-15(4)5/h8-11,14-15,20-22,24,29-31,33H,7,12-13H2,1-6H3/t20-,21+,22+,24?,26+/m1/s1. The van der Waals surface area contributed by atoms with Crippen molar-refractivity contribution >= 4 is 5.97 Å². The van der Waals surface area contributed by atoms with Crippen LogP contribution in [-0.4, -0.2) is 79.1 Å². The zero-order valence-electron chi connectivity index (χ0n) is 21.7. The number of carbonyl (C=O) groups is 1. The normalized spacial score (nSPS) is 25.3. The summed E-state index contributed by atoms with van der Waals surface area (Å²) < 4.78 is 17.9. The third kappa shape index (κ3) is 5.73. The number of hydrogen-bond acceptors (Lipinski definition) is 9. The van der Waals surface area contributed by atoms with Crippen LogP contribution in [0.3, 0.4) is 0 Å². The molecule has 0 bridgehead atoms. The molecule has 2 heterocycles. The lowest BCUT2D eigenvalue weighted by Gasteiger charge is -2.42. The molecule has 0 spiro atoms. The minimum absolute atomic E-state index is 0.0287. The van der Waals surface area contributed by atoms with Crippen LogP contribution in [0.15, 0.2) is 24.3 Å². The molecule has 200 valence electrons. The first-order valence-electron chi connectivity index (χ1n) is 12.3. The summed E-state index contributed by atoms with van der Waals surface area (Å²) in [6.45, 7) is 10.4. The molecule has 0 amide bonds. The molecule has 10 nitrogen and oxygen atoms in total. The molecule has 36 heavy (non-hydrogen) atoms. The van der Waals surface area contributed by atoms with E-state index in [4.69, 9.17) is 14.2 Å². The Morgan fingerprint density at radius 1 is 1.19 bits per heavy atom. The summed E-state index contributed by atoms with van der Waals surface area (Å²) in [4.78, 5) is 12.3. The topological polar surface area (TPSA) is 144 Å². The average Bonchev–Trinajstić information content (AvgIpc) is 3.12. The molecule has 3 rings (SSSR count). The maximum atomic E-state index is 12.3. The Morgan fingerprint density at radius 3 is 2.36 bits per heavy atom. The van der Waals surface area contributed by atoms with Gasteiger partial charge in [-0.05, 0) is 52.2 Å². The monoisotopic (exact) mass is 506 g/mol. The molecule has 0 radical (unpaired) electrons. The van der Waals surface area contributed by atoms with Crippen LogP contribution >= 0.6 is 0 Å². The van der Waals surface area contributed by atoms with Gasteiger partial charge in [0.15, 0.2) is 0 Å². The highest BCUT2D eigenvalue weighted by Gasteiger charge is 2.56. The maximum Gasteiger partial charge on any atom is 0.343 e. The highest BCUT2D eigenvalue weighted by Crippen LogP contribution is 2.31. The predicted octanol–water partition coefficient (Wildman–Crippen LogP) is 1.43. The summed E-state index contributed by atoms with van der Waals surface area (Å²) in [6.07, 6.45) is -6.10. The first-order chi connectivity index (χ1) is 16.9. The molecular weight excluding hydrogens is 468 g/mol. The van der Waals surface area contributed by atoms with Gasteiger partial charge in [0, 0.05) is 23.7 Å². The number of hydrogen-bond donors (Lipinski definition) is 4. The molecule has 0 aliphatic carbocycles. The first-order valence-corrected chi connectivity index (χ1v) is 12.3. The zero-order chi connectivity index (χ0) is 26.8. The van der Waals surface area contributed by atoms with E-state index in [-0.39, 0.29) is 11.9 Å². The third-order valence-corrected chi connectivity index (χ3v) is 6.39. The van der Waals surface area contributed by atoms with Gasteiger partial charge in [0.2, 0.25) is 17.8 Å². The van der Waals surface area contributed by atoms with Crippen LogP contribution in [-0.2, 0) is 27.1 Å². The molecule has 0 saturated carbocycles. The van der Waals surface area contributed by atoms with Crippen LogP contribution in [0.5, 0.6) is 5.88 Å². The number of esters is 1. The van der Waals surface area contributed by atoms with Crippen molar-refractivity contribution in [1.82, 2.24) is 9.78 Å². The van der Waals surface area contributed by atoms with E-state index < -0.39 is 48.9 Å². The number of benzene rings is 1. The lowest BCUT2D eigenvalue weighted by molar-refractivity contribution is -0.273. The van der Waals surface area contributed by atoms with Gasteiger partial charge in [-0.3, -0.25) is 4.68 Å². The fraction of sp³-hybridized carbons (Fsp3) is 0.615. The summed E-state index contributed by atoms with van der Waals surface area (Å²) in [7, 11) is 0. The Balaban J connectivity index is 1.81. The van der Waals surface area contributed by atoms with E-state index in [1.165, 1.54) is 5.56 Å². The van der Waals surface area contributed by atoms with Gasteiger partial charge >= 0.3 is 5.97 Å². The van der Waals surface area contributed by atoms with Crippen molar-refractivity contribution in [2.75, 3.05) is 6.61 Å². The lowest BCUT2D eigenvalue weighted by Crippen LogP contribution is -2.67. The molecule has 10 heteroatoms. The van der Waals surface area contributed by atoms with Crippen LogP contribution in [0.25, 0.3) is 0 Å². The van der Waals surface area contributed by atoms with Gasteiger partial charge in [0.1, 0.15) is 18.3 Å². The fourth-order valence-electron chi connectivity index (χ4n) is 4.22. The van der Waals surface area contributed by atoms with Crippen LogP contribution in [0.1, 0.15) is 63.0 Å². The fourth-order valence-corrected chi connectivity index (χ4v) is 4.22. The minimum Gasteiger partial charge on any atom is -0.461 e. The van der Waals surface area contributed by atoms with E-state index >= 15 is 0 Å². The maximum absolute atomic E-state index is 12.3. The Hall–Kier alpha value is -2.50. The van der Waals surface area contributed by atoms with Crippen molar-refractivity contribution in [3.63, 3.8) is 0 Å². The molecular formula is C26H38N2O8.